The molecule has 6 nitrogen and oxygen atoms in total. The summed E-state index contributed by atoms with van der Waals surface area (Å²) in [7, 11) is 1.23. The molecule has 0 bridgehead atoms. The third-order valence-corrected chi connectivity index (χ3v) is 4.30. The van der Waals surface area contributed by atoms with Crippen LogP contribution in [-0.2, 0) is 6.18 Å². The van der Waals surface area contributed by atoms with Crippen molar-refractivity contribution in [2.75, 3.05) is 12.4 Å². The van der Waals surface area contributed by atoms with Crippen molar-refractivity contribution in [3.8, 4) is 17.2 Å². The van der Waals surface area contributed by atoms with Crippen molar-refractivity contribution in [1.82, 2.24) is 0 Å². The van der Waals surface area contributed by atoms with Gasteiger partial charge < -0.3 is 20.5 Å². The summed E-state index contributed by atoms with van der Waals surface area (Å²) < 4.78 is 63.7. The second kappa shape index (κ2) is 8.96. The highest BCUT2D eigenvalue weighted by molar-refractivity contribution is 6.07. The van der Waals surface area contributed by atoms with E-state index in [9.17, 15) is 27.2 Å². The van der Waals surface area contributed by atoms with E-state index in [0.29, 0.717) is 6.07 Å². The first-order valence-electron chi connectivity index (χ1n) is 9.02. The Morgan fingerprint density at radius 1 is 0.938 bits per heavy atom. The van der Waals surface area contributed by atoms with Gasteiger partial charge in [0, 0.05) is 17.3 Å². The van der Waals surface area contributed by atoms with E-state index in [1.165, 1.54) is 31.4 Å². The van der Waals surface area contributed by atoms with Crippen LogP contribution in [0, 0.1) is 5.82 Å². The maximum atomic E-state index is 13.5. The molecule has 3 aromatic rings. The second-order valence-electron chi connectivity index (χ2n) is 6.51. The van der Waals surface area contributed by atoms with E-state index in [1.807, 2.05) is 0 Å². The number of primary amides is 1. The number of methoxy groups -OCH3 is 1. The molecule has 0 unspecified atom stereocenters. The summed E-state index contributed by atoms with van der Waals surface area (Å²) in [6.45, 7) is 0. The number of rotatable bonds is 6. The number of amides is 2. The maximum absolute atomic E-state index is 13.5. The van der Waals surface area contributed by atoms with Gasteiger partial charge in [-0.05, 0) is 48.5 Å². The highest BCUT2D eigenvalue weighted by atomic mass is 19.4. The topological polar surface area (TPSA) is 90.7 Å². The van der Waals surface area contributed by atoms with Gasteiger partial charge in [-0.1, -0.05) is 6.07 Å². The molecule has 0 aliphatic heterocycles. The van der Waals surface area contributed by atoms with E-state index in [-0.39, 0.29) is 28.3 Å². The zero-order chi connectivity index (χ0) is 23.5. The number of carbonyl (C=O) groups is 2. The molecule has 0 saturated heterocycles. The Labute approximate surface area is 179 Å². The van der Waals surface area contributed by atoms with Gasteiger partial charge in [0.15, 0.2) is 11.5 Å². The molecular weight excluding hydrogens is 432 g/mol. The zero-order valence-electron chi connectivity index (χ0n) is 16.5. The standard InChI is InChI=1S/C22H16F4N2O4/c1-31-19-11-14(23)6-8-17(19)32-18-10-13(22(24,25)26)5-7-16(18)21(30)28-15-4-2-3-12(9-15)20(27)29/h2-11H,1H3,(H2,27,29)(H,28,30). The Bertz CT molecular complexity index is 1180. The fourth-order valence-corrected chi connectivity index (χ4v) is 2.76. The molecule has 3 aromatic carbocycles. The summed E-state index contributed by atoms with van der Waals surface area (Å²) >= 11 is 0. The van der Waals surface area contributed by atoms with Crippen LogP contribution < -0.4 is 20.5 Å². The predicted octanol–water partition coefficient (Wildman–Crippen LogP) is 5.00. The van der Waals surface area contributed by atoms with E-state index in [4.69, 9.17) is 15.2 Å². The number of ether oxygens (including phenoxy) is 2. The minimum absolute atomic E-state index is 0.0806. The van der Waals surface area contributed by atoms with Gasteiger partial charge in [0.05, 0.1) is 18.2 Å². The van der Waals surface area contributed by atoms with Gasteiger partial charge >= 0.3 is 6.18 Å². The Morgan fingerprint density at radius 2 is 1.69 bits per heavy atom. The summed E-state index contributed by atoms with van der Waals surface area (Å²) in [5.41, 5.74) is 4.24. The van der Waals surface area contributed by atoms with Gasteiger partial charge in [0.1, 0.15) is 11.6 Å². The molecule has 0 saturated carbocycles. The van der Waals surface area contributed by atoms with Crippen molar-refractivity contribution in [3.05, 3.63) is 83.2 Å². The Hall–Kier alpha value is -4.08. The molecular formula is C22H16F4N2O4. The molecule has 0 aromatic heterocycles. The average Bonchev–Trinajstić information content (AvgIpc) is 2.74. The van der Waals surface area contributed by atoms with Crippen molar-refractivity contribution in [1.29, 1.82) is 0 Å². The fraction of sp³-hybridized carbons (Fsp3) is 0.0909. The van der Waals surface area contributed by atoms with Gasteiger partial charge in [-0.3, -0.25) is 9.59 Å². The monoisotopic (exact) mass is 448 g/mol. The molecule has 0 radical (unpaired) electrons. The first-order chi connectivity index (χ1) is 15.1. The van der Waals surface area contributed by atoms with Crippen LogP contribution in [0.25, 0.3) is 0 Å². The van der Waals surface area contributed by atoms with E-state index in [0.717, 1.165) is 30.3 Å². The van der Waals surface area contributed by atoms with E-state index in [1.54, 1.807) is 0 Å². The van der Waals surface area contributed by atoms with Crippen LogP contribution in [0.4, 0.5) is 23.2 Å². The summed E-state index contributed by atoms with van der Waals surface area (Å²) in [6, 6.07) is 11.2. The molecule has 2 amide bonds. The number of nitrogens with one attached hydrogen (secondary N) is 1. The molecule has 0 aliphatic rings. The van der Waals surface area contributed by atoms with E-state index >= 15 is 0 Å². The summed E-state index contributed by atoms with van der Waals surface area (Å²) in [4.78, 5) is 24.1. The van der Waals surface area contributed by atoms with Crippen molar-refractivity contribution in [2.24, 2.45) is 5.73 Å². The lowest BCUT2D eigenvalue weighted by atomic mass is 10.1. The van der Waals surface area contributed by atoms with Crippen molar-refractivity contribution in [2.45, 2.75) is 6.18 Å². The minimum atomic E-state index is -4.70. The number of hydrogen-bond acceptors (Lipinski definition) is 4. The number of anilines is 1. The Kier molecular flexibility index (Phi) is 6.33. The Morgan fingerprint density at radius 3 is 2.34 bits per heavy atom. The first kappa shape index (κ1) is 22.6. The van der Waals surface area contributed by atoms with Crippen LogP contribution in [-0.4, -0.2) is 18.9 Å². The molecule has 32 heavy (non-hydrogen) atoms. The number of carbonyl (C=O) groups excluding carboxylic acids is 2. The lowest BCUT2D eigenvalue weighted by Gasteiger charge is -2.16. The van der Waals surface area contributed by atoms with Gasteiger partial charge in [0.2, 0.25) is 5.91 Å². The number of hydrogen-bond donors (Lipinski definition) is 2. The molecule has 0 fully saturated rings. The number of nitrogens with two attached hydrogens (primary N) is 1. The molecule has 3 N–H and O–H groups in total. The van der Waals surface area contributed by atoms with Crippen LogP contribution in [0.2, 0.25) is 0 Å². The smallest absolute Gasteiger partial charge is 0.416 e. The summed E-state index contributed by atoms with van der Waals surface area (Å²) in [5, 5.41) is 2.48. The fourth-order valence-electron chi connectivity index (χ4n) is 2.76. The third kappa shape index (κ3) is 5.15. The molecule has 0 heterocycles. The van der Waals surface area contributed by atoms with Crippen LogP contribution in [0.5, 0.6) is 17.2 Å². The second-order valence-corrected chi connectivity index (χ2v) is 6.51. The average molecular weight is 448 g/mol. The highest BCUT2D eigenvalue weighted by Gasteiger charge is 2.32. The van der Waals surface area contributed by atoms with Gasteiger partial charge in [-0.25, -0.2) is 4.39 Å². The molecule has 0 spiro atoms. The number of halogens is 4. The number of alkyl halides is 3. The SMILES string of the molecule is COc1cc(F)ccc1Oc1cc(C(F)(F)F)ccc1C(=O)Nc1cccc(C(N)=O)c1. The zero-order valence-corrected chi connectivity index (χ0v) is 16.5. The lowest BCUT2D eigenvalue weighted by molar-refractivity contribution is -0.137. The summed E-state index contributed by atoms with van der Waals surface area (Å²) in [5.74, 6) is -2.79. The van der Waals surface area contributed by atoms with Crippen LogP contribution in [0.3, 0.4) is 0 Å². The first-order valence-corrected chi connectivity index (χ1v) is 9.02. The van der Waals surface area contributed by atoms with Crippen LogP contribution in [0.1, 0.15) is 26.3 Å². The molecule has 0 aliphatic carbocycles. The predicted molar refractivity (Wildman–Crippen MR) is 107 cm³/mol. The minimum Gasteiger partial charge on any atom is -0.493 e. The maximum Gasteiger partial charge on any atom is 0.416 e. The highest BCUT2D eigenvalue weighted by Crippen LogP contribution is 2.38. The largest absolute Gasteiger partial charge is 0.493 e. The van der Waals surface area contributed by atoms with Gasteiger partial charge in [-0.2, -0.15) is 13.2 Å². The normalized spacial score (nSPS) is 11.0. The van der Waals surface area contributed by atoms with E-state index < -0.39 is 35.1 Å². The van der Waals surface area contributed by atoms with Crippen LogP contribution in [0.15, 0.2) is 60.7 Å². The number of benzene rings is 3. The Balaban J connectivity index is 2.01. The summed E-state index contributed by atoms with van der Waals surface area (Å²) in [6.07, 6.45) is -4.70. The van der Waals surface area contributed by atoms with Crippen LogP contribution >= 0.6 is 0 Å². The van der Waals surface area contributed by atoms with Crippen molar-refractivity contribution in [3.63, 3.8) is 0 Å². The molecule has 3 rings (SSSR count). The lowest BCUT2D eigenvalue weighted by Crippen LogP contribution is -2.16. The third-order valence-electron chi connectivity index (χ3n) is 4.30. The molecule has 0 atom stereocenters. The molecule has 10 heteroatoms. The van der Waals surface area contributed by atoms with Crippen molar-refractivity contribution < 1.29 is 36.6 Å². The van der Waals surface area contributed by atoms with Crippen molar-refractivity contribution >= 4 is 17.5 Å². The van der Waals surface area contributed by atoms with E-state index in [2.05, 4.69) is 5.32 Å². The van der Waals surface area contributed by atoms with Gasteiger partial charge in [0.25, 0.3) is 5.91 Å². The quantitative estimate of drug-likeness (QED) is 0.520. The van der Waals surface area contributed by atoms with Gasteiger partial charge in [-0.15, -0.1) is 0 Å². The molecule has 166 valence electrons.